The van der Waals surface area contributed by atoms with Gasteiger partial charge >= 0.3 is 0 Å². The Labute approximate surface area is 328 Å². The third kappa shape index (κ3) is 10.5. The van der Waals surface area contributed by atoms with Crippen molar-refractivity contribution in [2.45, 2.75) is 167 Å². The summed E-state index contributed by atoms with van der Waals surface area (Å²) in [5, 5.41) is 22.7. The molecule has 0 fully saturated rings. The molecule has 2 N–H and O–H groups in total. The van der Waals surface area contributed by atoms with Crippen molar-refractivity contribution >= 4 is 20.0 Å². The molecule has 3 rings (SSSR count). The van der Waals surface area contributed by atoms with Gasteiger partial charge in [-0.1, -0.05) is 146 Å². The normalized spacial score (nSPS) is 13.6. The predicted octanol–water partition coefficient (Wildman–Crippen LogP) is 10.3. The van der Waals surface area contributed by atoms with E-state index >= 15 is 0 Å². The maximum absolute atomic E-state index is 14.8. The van der Waals surface area contributed by atoms with Gasteiger partial charge in [-0.2, -0.15) is 8.61 Å². The minimum atomic E-state index is -4.34. The Hall–Kier alpha value is -2.92. The van der Waals surface area contributed by atoms with E-state index in [1.807, 2.05) is 121 Å². The number of rotatable bonds is 14. The Morgan fingerprint density at radius 3 is 0.981 bits per heavy atom. The van der Waals surface area contributed by atoms with Crippen LogP contribution in [0.4, 0.5) is 0 Å². The van der Waals surface area contributed by atoms with E-state index in [9.17, 15) is 27.0 Å². The minimum absolute atomic E-state index is 0.0153. The number of sulfonamides is 2. The van der Waals surface area contributed by atoms with Crippen molar-refractivity contribution in [1.82, 2.24) is 8.61 Å². The number of nitrogens with zero attached hydrogens (tertiary/aromatic N) is 2. The smallest absolute Gasteiger partial charge is 0.244 e. The van der Waals surface area contributed by atoms with Crippen molar-refractivity contribution in [3.05, 3.63) is 81.9 Å². The largest absolute Gasteiger partial charge is 0.507 e. The molecule has 10 heteroatoms. The summed E-state index contributed by atoms with van der Waals surface area (Å²) >= 11 is 0. The first-order valence-electron chi connectivity index (χ1n) is 19.4. The highest BCUT2D eigenvalue weighted by molar-refractivity contribution is 7.92. The molecule has 0 amide bonds. The van der Waals surface area contributed by atoms with Gasteiger partial charge in [-0.25, -0.2) is 16.8 Å². The number of benzene rings is 3. The lowest BCUT2D eigenvalue weighted by Gasteiger charge is -2.30. The molecule has 3 aromatic rings. The molecule has 0 unspecified atom stereocenters. The van der Waals surface area contributed by atoms with E-state index in [-0.39, 0.29) is 47.5 Å². The maximum Gasteiger partial charge on any atom is 0.244 e. The molecule has 0 aromatic heterocycles. The van der Waals surface area contributed by atoms with Gasteiger partial charge in [-0.15, -0.1) is 0 Å². The summed E-state index contributed by atoms with van der Waals surface area (Å²) in [5.74, 6) is 0.423. The Morgan fingerprint density at radius 1 is 0.500 bits per heavy atom. The maximum atomic E-state index is 14.8. The van der Waals surface area contributed by atoms with Crippen LogP contribution in [0.15, 0.2) is 58.3 Å². The SMILES string of the molecule is CCCCN(Cc1cc(C(C)(C)C)c(O)c(C(C)(C)C)c1)S(=O)(=O)c1ccccc1S(=O)(=O)N(CCCC)Cc1cc(C(C)(C)C)c(O)c(C(C)(C)C)c1. The van der Waals surface area contributed by atoms with E-state index in [0.717, 1.165) is 46.2 Å². The predicted molar refractivity (Wildman–Crippen MR) is 222 cm³/mol. The lowest BCUT2D eigenvalue weighted by molar-refractivity contribution is 0.386. The van der Waals surface area contributed by atoms with Crippen LogP contribution in [0.25, 0.3) is 0 Å². The Bertz CT molecular complexity index is 1780. The second-order valence-electron chi connectivity index (χ2n) is 18.9. The van der Waals surface area contributed by atoms with Crippen LogP contribution in [0, 0.1) is 0 Å². The zero-order valence-electron chi connectivity index (χ0n) is 35.5. The van der Waals surface area contributed by atoms with Crippen LogP contribution in [-0.4, -0.2) is 48.7 Å². The molecular weight excluding hydrogens is 717 g/mol. The van der Waals surface area contributed by atoms with Crippen LogP contribution in [0.1, 0.15) is 156 Å². The number of aromatic hydroxyl groups is 2. The van der Waals surface area contributed by atoms with Crippen molar-refractivity contribution in [3.8, 4) is 11.5 Å². The second kappa shape index (κ2) is 16.7. The molecule has 0 aliphatic rings. The Balaban J connectivity index is 2.23. The zero-order valence-corrected chi connectivity index (χ0v) is 37.1. The van der Waals surface area contributed by atoms with E-state index in [2.05, 4.69) is 0 Å². The van der Waals surface area contributed by atoms with Crippen LogP contribution in [0.3, 0.4) is 0 Å². The van der Waals surface area contributed by atoms with Gasteiger partial charge in [0.05, 0.1) is 0 Å². The van der Waals surface area contributed by atoms with Gasteiger partial charge in [0.15, 0.2) is 0 Å². The molecule has 0 radical (unpaired) electrons. The van der Waals surface area contributed by atoms with Crippen molar-refractivity contribution in [1.29, 1.82) is 0 Å². The molecule has 0 aliphatic carbocycles. The van der Waals surface area contributed by atoms with E-state index in [4.69, 9.17) is 0 Å². The van der Waals surface area contributed by atoms with E-state index in [1.165, 1.54) is 20.7 Å². The van der Waals surface area contributed by atoms with Crippen molar-refractivity contribution < 1.29 is 27.0 Å². The van der Waals surface area contributed by atoms with Crippen LogP contribution in [0.2, 0.25) is 0 Å². The highest BCUT2D eigenvalue weighted by Gasteiger charge is 2.36. The molecular formula is C44H68N2O6S2. The Kier molecular flexibility index (Phi) is 14.0. The number of phenolic OH excluding ortho intramolecular Hbond substituents is 2. The highest BCUT2D eigenvalue weighted by Crippen LogP contribution is 2.42. The van der Waals surface area contributed by atoms with E-state index in [1.54, 1.807) is 12.1 Å². The fourth-order valence-electron chi connectivity index (χ4n) is 6.66. The summed E-state index contributed by atoms with van der Waals surface area (Å²) in [7, 11) is -8.69. The average Bonchev–Trinajstić information content (AvgIpc) is 3.03. The van der Waals surface area contributed by atoms with Gasteiger partial charge in [0, 0.05) is 26.2 Å². The van der Waals surface area contributed by atoms with Crippen molar-refractivity contribution in [3.63, 3.8) is 0 Å². The molecule has 0 saturated heterocycles. The van der Waals surface area contributed by atoms with Gasteiger partial charge in [0.25, 0.3) is 0 Å². The number of unbranched alkanes of at least 4 members (excludes halogenated alkanes) is 2. The highest BCUT2D eigenvalue weighted by atomic mass is 32.2. The van der Waals surface area contributed by atoms with Crippen LogP contribution in [0.5, 0.6) is 11.5 Å². The molecule has 8 nitrogen and oxygen atoms in total. The number of phenols is 2. The van der Waals surface area contributed by atoms with E-state index < -0.39 is 41.7 Å². The van der Waals surface area contributed by atoms with Gasteiger partial charge in [-0.3, -0.25) is 0 Å². The summed E-state index contributed by atoms with van der Waals surface area (Å²) in [5.41, 5.74) is 2.73. The second-order valence-corrected chi connectivity index (χ2v) is 22.7. The minimum Gasteiger partial charge on any atom is -0.507 e. The van der Waals surface area contributed by atoms with Gasteiger partial charge in [-0.05, 0) is 80.0 Å². The third-order valence-electron chi connectivity index (χ3n) is 9.90. The van der Waals surface area contributed by atoms with Crippen LogP contribution >= 0.6 is 0 Å². The summed E-state index contributed by atoms with van der Waals surface area (Å²) in [6.45, 7) is 28.6. The lowest BCUT2D eigenvalue weighted by atomic mass is 9.78. The van der Waals surface area contributed by atoms with Crippen LogP contribution < -0.4 is 0 Å². The first-order valence-corrected chi connectivity index (χ1v) is 22.3. The molecule has 54 heavy (non-hydrogen) atoms. The standard InChI is InChI=1S/C44H68N2O6S2/c1-15-17-23-45(29-31-25-33(41(3,4)5)39(47)34(26-31)42(6,7)8)53(49,50)37-21-19-20-22-38(37)54(51,52)46(24-18-16-2)30-32-27-35(43(9,10)11)40(48)36(28-32)44(12,13)14/h19-22,25-28,47-48H,15-18,23-24,29-30H2,1-14H3. The molecule has 0 bridgehead atoms. The van der Waals surface area contributed by atoms with Gasteiger partial charge in [0.2, 0.25) is 20.0 Å². The number of hydrogen-bond donors (Lipinski definition) is 2. The monoisotopic (exact) mass is 784 g/mol. The van der Waals surface area contributed by atoms with Gasteiger partial charge < -0.3 is 10.2 Å². The molecule has 0 atom stereocenters. The van der Waals surface area contributed by atoms with Gasteiger partial charge in [0.1, 0.15) is 21.3 Å². The lowest BCUT2D eigenvalue weighted by Crippen LogP contribution is -2.36. The average molecular weight is 785 g/mol. The topological polar surface area (TPSA) is 115 Å². The van der Waals surface area contributed by atoms with E-state index in [0.29, 0.717) is 12.8 Å². The summed E-state index contributed by atoms with van der Waals surface area (Å²) in [6.07, 6.45) is 2.65. The zero-order chi connectivity index (χ0) is 41.2. The quantitative estimate of drug-likeness (QED) is 0.168. The Morgan fingerprint density at radius 2 is 0.759 bits per heavy atom. The van der Waals surface area contributed by atoms with Crippen molar-refractivity contribution in [2.24, 2.45) is 0 Å². The molecule has 0 aliphatic heterocycles. The first-order chi connectivity index (χ1) is 24.6. The van der Waals surface area contributed by atoms with Crippen molar-refractivity contribution in [2.75, 3.05) is 13.1 Å². The molecule has 3 aromatic carbocycles. The molecule has 0 spiro atoms. The fraction of sp³-hybridized carbons (Fsp3) is 0.591. The van der Waals surface area contributed by atoms with Crippen LogP contribution in [-0.2, 0) is 54.8 Å². The summed E-state index contributed by atoms with van der Waals surface area (Å²) in [4.78, 5) is -0.519. The third-order valence-corrected chi connectivity index (χ3v) is 13.8. The fourth-order valence-corrected chi connectivity index (χ4v) is 10.4. The number of hydrogen-bond acceptors (Lipinski definition) is 6. The summed E-state index contributed by atoms with van der Waals surface area (Å²) in [6, 6.07) is 13.4. The summed E-state index contributed by atoms with van der Waals surface area (Å²) < 4.78 is 62.2. The first kappa shape index (κ1) is 45.5. The molecule has 0 heterocycles. The molecule has 302 valence electrons. The molecule has 0 saturated carbocycles.